The number of piperidine rings is 1. The van der Waals surface area contributed by atoms with Gasteiger partial charge in [0.15, 0.2) is 0 Å². The highest BCUT2D eigenvalue weighted by molar-refractivity contribution is 5.74. The average molecular weight is 279 g/mol. The maximum absolute atomic E-state index is 12.3. The molecule has 0 radical (unpaired) electrons. The van der Waals surface area contributed by atoms with Crippen molar-refractivity contribution in [3.05, 3.63) is 0 Å². The van der Waals surface area contributed by atoms with Crippen LogP contribution >= 0.6 is 0 Å². The molecule has 0 aromatic heterocycles. The molecule has 1 saturated carbocycles. The maximum Gasteiger partial charge on any atom is 0.317 e. The van der Waals surface area contributed by atoms with Crippen LogP contribution in [0.4, 0.5) is 4.79 Å². The molecule has 1 atom stereocenters. The lowest BCUT2D eigenvalue weighted by Gasteiger charge is -2.36. The maximum atomic E-state index is 12.3. The van der Waals surface area contributed by atoms with Gasteiger partial charge in [0.05, 0.1) is 0 Å². The largest absolute Gasteiger partial charge is 0.335 e. The van der Waals surface area contributed by atoms with Gasteiger partial charge in [-0.1, -0.05) is 19.3 Å². The van der Waals surface area contributed by atoms with Crippen molar-refractivity contribution in [2.75, 3.05) is 19.6 Å². The summed E-state index contributed by atoms with van der Waals surface area (Å²) in [5.41, 5.74) is 0. The highest BCUT2D eigenvalue weighted by atomic mass is 16.2. The molecule has 2 amide bonds. The molecule has 4 heteroatoms. The molecule has 1 unspecified atom stereocenters. The van der Waals surface area contributed by atoms with Crippen molar-refractivity contribution >= 4 is 6.03 Å². The molecule has 2 saturated heterocycles. The monoisotopic (exact) mass is 279 g/mol. The minimum atomic E-state index is 0.190. The zero-order valence-electron chi connectivity index (χ0n) is 12.6. The first kappa shape index (κ1) is 14.2. The normalized spacial score (nSPS) is 29.6. The van der Waals surface area contributed by atoms with Crippen molar-refractivity contribution in [2.45, 2.75) is 69.9 Å². The van der Waals surface area contributed by atoms with Gasteiger partial charge >= 0.3 is 6.03 Å². The Balaban J connectivity index is 1.41. The van der Waals surface area contributed by atoms with Crippen LogP contribution < -0.4 is 10.6 Å². The van der Waals surface area contributed by atoms with Crippen molar-refractivity contribution in [3.8, 4) is 0 Å². The van der Waals surface area contributed by atoms with E-state index in [0.29, 0.717) is 6.04 Å². The van der Waals surface area contributed by atoms with E-state index in [1.165, 1.54) is 64.3 Å². The van der Waals surface area contributed by atoms with Crippen LogP contribution in [0.3, 0.4) is 0 Å². The zero-order valence-corrected chi connectivity index (χ0v) is 12.6. The van der Waals surface area contributed by atoms with E-state index in [1.54, 1.807) is 0 Å². The standard InChI is InChI=1S/C16H29N3O/c20-16(18-14-5-2-1-3-6-14)19-11-8-13(9-12-19)15-7-4-10-17-15/h13-15,17H,1-12H2,(H,18,20). The molecule has 0 spiro atoms. The predicted molar refractivity (Wildman–Crippen MR) is 80.7 cm³/mol. The molecule has 0 aromatic carbocycles. The SMILES string of the molecule is O=C(NC1CCCCC1)N1CCC(C2CCCN2)CC1. The predicted octanol–water partition coefficient (Wildman–Crippen LogP) is 2.49. The molecular weight excluding hydrogens is 250 g/mol. The Hall–Kier alpha value is -0.770. The van der Waals surface area contributed by atoms with E-state index >= 15 is 0 Å². The molecule has 2 heterocycles. The number of likely N-dealkylation sites (tertiary alicyclic amines) is 1. The molecule has 2 aliphatic heterocycles. The summed E-state index contributed by atoms with van der Waals surface area (Å²) in [6.45, 7) is 3.08. The summed E-state index contributed by atoms with van der Waals surface area (Å²) in [5.74, 6) is 0.788. The molecule has 3 fully saturated rings. The van der Waals surface area contributed by atoms with E-state index in [0.717, 1.165) is 25.0 Å². The summed E-state index contributed by atoms with van der Waals surface area (Å²) >= 11 is 0. The van der Waals surface area contributed by atoms with E-state index in [2.05, 4.69) is 10.6 Å². The summed E-state index contributed by atoms with van der Waals surface area (Å²) in [6.07, 6.45) is 11.3. The van der Waals surface area contributed by atoms with Gasteiger partial charge in [-0.25, -0.2) is 4.79 Å². The van der Waals surface area contributed by atoms with Crippen LogP contribution in [-0.4, -0.2) is 42.6 Å². The first-order chi connectivity index (χ1) is 9.83. The third kappa shape index (κ3) is 3.46. The number of rotatable bonds is 2. The molecule has 3 rings (SSSR count). The number of nitrogens with zero attached hydrogens (tertiary/aromatic N) is 1. The van der Waals surface area contributed by atoms with Crippen LogP contribution in [0.25, 0.3) is 0 Å². The zero-order chi connectivity index (χ0) is 13.8. The van der Waals surface area contributed by atoms with E-state index < -0.39 is 0 Å². The Morgan fingerprint density at radius 1 is 0.950 bits per heavy atom. The van der Waals surface area contributed by atoms with E-state index in [-0.39, 0.29) is 6.03 Å². The van der Waals surface area contributed by atoms with Gasteiger partial charge in [0.1, 0.15) is 0 Å². The van der Waals surface area contributed by atoms with Gasteiger partial charge in [-0.15, -0.1) is 0 Å². The fourth-order valence-corrected chi connectivity index (χ4v) is 4.13. The van der Waals surface area contributed by atoms with Crippen molar-refractivity contribution in [1.29, 1.82) is 0 Å². The molecule has 114 valence electrons. The molecular formula is C16H29N3O. The van der Waals surface area contributed by atoms with Crippen molar-refractivity contribution in [3.63, 3.8) is 0 Å². The second kappa shape index (κ2) is 6.79. The lowest BCUT2D eigenvalue weighted by Crippen LogP contribution is -2.49. The fraction of sp³-hybridized carbons (Fsp3) is 0.938. The summed E-state index contributed by atoms with van der Waals surface area (Å²) in [5, 5.41) is 6.86. The fourth-order valence-electron chi connectivity index (χ4n) is 4.13. The second-order valence-corrected chi connectivity index (χ2v) is 6.81. The smallest absolute Gasteiger partial charge is 0.317 e. The lowest BCUT2D eigenvalue weighted by molar-refractivity contribution is 0.155. The topological polar surface area (TPSA) is 44.4 Å². The molecule has 4 nitrogen and oxygen atoms in total. The lowest BCUT2D eigenvalue weighted by atomic mass is 9.88. The number of amides is 2. The molecule has 0 aromatic rings. The van der Waals surface area contributed by atoms with Crippen molar-refractivity contribution in [1.82, 2.24) is 15.5 Å². The van der Waals surface area contributed by atoms with Gasteiger partial charge in [0, 0.05) is 25.2 Å². The van der Waals surface area contributed by atoms with Gasteiger partial charge in [-0.2, -0.15) is 0 Å². The van der Waals surface area contributed by atoms with Gasteiger partial charge in [0.2, 0.25) is 0 Å². The number of hydrogen-bond donors (Lipinski definition) is 2. The van der Waals surface area contributed by atoms with Crippen LogP contribution in [0.15, 0.2) is 0 Å². The number of carbonyl (C=O) groups excluding carboxylic acids is 1. The molecule has 0 bridgehead atoms. The Morgan fingerprint density at radius 2 is 1.70 bits per heavy atom. The molecule has 20 heavy (non-hydrogen) atoms. The highest BCUT2D eigenvalue weighted by Crippen LogP contribution is 2.26. The first-order valence-electron chi connectivity index (χ1n) is 8.62. The summed E-state index contributed by atoms with van der Waals surface area (Å²) in [4.78, 5) is 14.3. The first-order valence-corrected chi connectivity index (χ1v) is 8.62. The Labute approximate surface area is 122 Å². The number of hydrogen-bond acceptors (Lipinski definition) is 2. The quantitative estimate of drug-likeness (QED) is 0.815. The third-order valence-electron chi connectivity index (χ3n) is 5.43. The number of nitrogens with one attached hydrogen (secondary N) is 2. The van der Waals surface area contributed by atoms with E-state index in [1.807, 2.05) is 4.90 Å². The minimum Gasteiger partial charge on any atom is -0.335 e. The van der Waals surface area contributed by atoms with Gasteiger partial charge in [-0.05, 0) is 51.0 Å². The molecule has 1 aliphatic carbocycles. The summed E-state index contributed by atoms with van der Waals surface area (Å²) < 4.78 is 0. The second-order valence-electron chi connectivity index (χ2n) is 6.81. The highest BCUT2D eigenvalue weighted by Gasteiger charge is 2.30. The molecule has 2 N–H and O–H groups in total. The summed E-state index contributed by atoms with van der Waals surface area (Å²) in [7, 11) is 0. The average Bonchev–Trinajstić information content (AvgIpc) is 3.03. The number of urea groups is 1. The van der Waals surface area contributed by atoms with Gasteiger partial charge in [0.25, 0.3) is 0 Å². The van der Waals surface area contributed by atoms with Crippen LogP contribution in [0, 0.1) is 5.92 Å². The van der Waals surface area contributed by atoms with Crippen LogP contribution in [-0.2, 0) is 0 Å². The van der Waals surface area contributed by atoms with Gasteiger partial charge < -0.3 is 15.5 Å². The van der Waals surface area contributed by atoms with Gasteiger partial charge in [-0.3, -0.25) is 0 Å². The van der Waals surface area contributed by atoms with E-state index in [9.17, 15) is 4.79 Å². The number of carbonyl (C=O) groups is 1. The molecule has 3 aliphatic rings. The van der Waals surface area contributed by atoms with Crippen molar-refractivity contribution in [2.24, 2.45) is 5.92 Å². The Bertz CT molecular complexity index is 314. The van der Waals surface area contributed by atoms with E-state index in [4.69, 9.17) is 0 Å². The van der Waals surface area contributed by atoms with Crippen LogP contribution in [0.5, 0.6) is 0 Å². The Morgan fingerprint density at radius 3 is 2.35 bits per heavy atom. The minimum absolute atomic E-state index is 0.190. The third-order valence-corrected chi connectivity index (χ3v) is 5.43. The Kier molecular flexibility index (Phi) is 4.81. The van der Waals surface area contributed by atoms with Crippen LogP contribution in [0.1, 0.15) is 57.8 Å². The van der Waals surface area contributed by atoms with Crippen molar-refractivity contribution < 1.29 is 4.79 Å². The summed E-state index contributed by atoms with van der Waals surface area (Å²) in [6, 6.07) is 1.35. The van der Waals surface area contributed by atoms with Crippen LogP contribution in [0.2, 0.25) is 0 Å².